The maximum absolute atomic E-state index is 11.4. The Morgan fingerprint density at radius 1 is 1.07 bits per heavy atom. The summed E-state index contributed by atoms with van der Waals surface area (Å²) in [5, 5.41) is 13.9. The zero-order chi connectivity index (χ0) is 19.9. The Morgan fingerprint density at radius 3 is 2.50 bits per heavy atom. The van der Waals surface area contributed by atoms with Crippen molar-refractivity contribution in [3.63, 3.8) is 0 Å². The Labute approximate surface area is 164 Å². The normalized spacial score (nSPS) is 10.8. The molecule has 0 bridgehead atoms. The van der Waals surface area contributed by atoms with Gasteiger partial charge in [0.25, 0.3) is 0 Å². The van der Waals surface area contributed by atoms with E-state index in [1.807, 2.05) is 48.0 Å². The first kappa shape index (κ1) is 19.6. The zero-order valence-electron chi connectivity index (χ0n) is 16.3. The van der Waals surface area contributed by atoms with Gasteiger partial charge in [-0.05, 0) is 35.6 Å². The van der Waals surface area contributed by atoms with Gasteiger partial charge in [0.1, 0.15) is 5.82 Å². The van der Waals surface area contributed by atoms with Crippen molar-refractivity contribution in [1.29, 1.82) is 0 Å². The predicted molar refractivity (Wildman–Crippen MR) is 108 cm³/mol. The third-order valence-electron chi connectivity index (χ3n) is 4.39. The van der Waals surface area contributed by atoms with Crippen LogP contribution in [0.3, 0.4) is 0 Å². The van der Waals surface area contributed by atoms with E-state index in [2.05, 4.69) is 17.0 Å². The van der Waals surface area contributed by atoms with Crippen molar-refractivity contribution in [3.05, 3.63) is 65.5 Å². The van der Waals surface area contributed by atoms with Crippen LogP contribution in [0, 0.1) is 0 Å². The largest absolute Gasteiger partial charge is 0.478 e. The molecule has 0 radical (unpaired) electrons. The van der Waals surface area contributed by atoms with Gasteiger partial charge in [-0.15, -0.1) is 5.10 Å². The molecule has 6 heteroatoms. The van der Waals surface area contributed by atoms with Crippen LogP contribution in [0.15, 0.2) is 48.5 Å². The minimum Gasteiger partial charge on any atom is -0.478 e. The number of nitrogens with zero attached hydrogens (tertiary/aromatic N) is 3. The van der Waals surface area contributed by atoms with Gasteiger partial charge >= 0.3 is 12.0 Å². The van der Waals surface area contributed by atoms with E-state index >= 15 is 0 Å². The van der Waals surface area contributed by atoms with Crippen LogP contribution < -0.4 is 4.74 Å². The molecule has 0 aliphatic carbocycles. The van der Waals surface area contributed by atoms with Crippen molar-refractivity contribution in [1.82, 2.24) is 14.8 Å². The second-order valence-corrected chi connectivity index (χ2v) is 6.61. The molecule has 6 nitrogen and oxygen atoms in total. The highest BCUT2D eigenvalue weighted by atomic mass is 16.5. The molecule has 1 heterocycles. The van der Waals surface area contributed by atoms with Crippen molar-refractivity contribution >= 4 is 5.97 Å². The zero-order valence-corrected chi connectivity index (χ0v) is 16.3. The molecule has 1 aromatic heterocycles. The van der Waals surface area contributed by atoms with E-state index in [1.165, 1.54) is 0 Å². The molecule has 0 unspecified atom stereocenters. The molecule has 2 aromatic carbocycles. The number of hydrogen-bond acceptors (Lipinski definition) is 4. The average molecular weight is 379 g/mol. The number of rotatable bonds is 9. The van der Waals surface area contributed by atoms with Crippen LogP contribution in [-0.2, 0) is 13.0 Å². The monoisotopic (exact) mass is 379 g/mol. The third kappa shape index (κ3) is 4.57. The average Bonchev–Trinajstić information content (AvgIpc) is 3.08. The Bertz CT molecular complexity index is 932. The fourth-order valence-corrected chi connectivity index (χ4v) is 3.03. The van der Waals surface area contributed by atoms with Gasteiger partial charge in [-0.2, -0.15) is 4.98 Å². The van der Waals surface area contributed by atoms with Gasteiger partial charge in [0, 0.05) is 6.42 Å². The van der Waals surface area contributed by atoms with E-state index in [0.717, 1.165) is 36.2 Å². The van der Waals surface area contributed by atoms with Crippen molar-refractivity contribution in [2.24, 2.45) is 0 Å². The summed E-state index contributed by atoms with van der Waals surface area (Å²) in [5.41, 5.74) is 2.96. The molecule has 0 aliphatic heterocycles. The van der Waals surface area contributed by atoms with Gasteiger partial charge in [-0.3, -0.25) is 0 Å². The number of aromatic nitrogens is 3. The van der Waals surface area contributed by atoms with Gasteiger partial charge in [-0.25, -0.2) is 9.48 Å². The summed E-state index contributed by atoms with van der Waals surface area (Å²) in [6.45, 7) is 5.36. The van der Waals surface area contributed by atoms with Crippen LogP contribution >= 0.6 is 0 Å². The summed E-state index contributed by atoms with van der Waals surface area (Å²) >= 11 is 0. The second kappa shape index (κ2) is 9.17. The van der Waals surface area contributed by atoms with E-state index in [4.69, 9.17) is 4.74 Å². The fourth-order valence-electron chi connectivity index (χ4n) is 3.03. The first-order chi connectivity index (χ1) is 13.6. The minimum atomic E-state index is -0.925. The van der Waals surface area contributed by atoms with E-state index in [-0.39, 0.29) is 0 Å². The fraction of sp³-hybridized carbons (Fsp3) is 0.318. The van der Waals surface area contributed by atoms with E-state index < -0.39 is 5.97 Å². The number of benzene rings is 2. The Balaban J connectivity index is 1.81. The van der Waals surface area contributed by atoms with Gasteiger partial charge in [0.2, 0.25) is 0 Å². The smallest absolute Gasteiger partial charge is 0.336 e. The maximum atomic E-state index is 11.4. The number of hydrogen-bond donors (Lipinski definition) is 1. The standard InChI is InChI=1S/C22H25N3O3/c1-3-7-20-23-22(28-14-4-2)24-25(20)15-16-10-12-17(13-11-16)18-8-5-6-9-19(18)21(26)27/h5-6,8-13H,3-4,7,14-15H2,1-2H3,(H,26,27). The van der Waals surface area contributed by atoms with Crippen LogP contribution in [-0.4, -0.2) is 32.4 Å². The highest BCUT2D eigenvalue weighted by Crippen LogP contribution is 2.24. The lowest BCUT2D eigenvalue weighted by Crippen LogP contribution is -2.07. The molecule has 0 spiro atoms. The lowest BCUT2D eigenvalue weighted by atomic mass is 9.99. The summed E-state index contributed by atoms with van der Waals surface area (Å²) in [7, 11) is 0. The topological polar surface area (TPSA) is 77.2 Å². The summed E-state index contributed by atoms with van der Waals surface area (Å²) in [5.74, 6) is -0.0139. The van der Waals surface area contributed by atoms with Gasteiger partial charge in [-0.1, -0.05) is 56.3 Å². The van der Waals surface area contributed by atoms with Gasteiger partial charge in [0.05, 0.1) is 18.7 Å². The summed E-state index contributed by atoms with van der Waals surface area (Å²) in [6, 6.07) is 15.3. The molecule has 3 rings (SSSR count). The molecular formula is C22H25N3O3. The number of aromatic carboxylic acids is 1. The summed E-state index contributed by atoms with van der Waals surface area (Å²) in [6.07, 6.45) is 2.74. The maximum Gasteiger partial charge on any atom is 0.336 e. The van der Waals surface area contributed by atoms with Crippen LogP contribution in [0.2, 0.25) is 0 Å². The van der Waals surface area contributed by atoms with Gasteiger partial charge < -0.3 is 9.84 Å². The molecule has 0 aliphatic rings. The predicted octanol–water partition coefficient (Wildman–Crippen LogP) is 4.43. The second-order valence-electron chi connectivity index (χ2n) is 6.61. The molecule has 0 fully saturated rings. The molecule has 3 aromatic rings. The SMILES string of the molecule is CCCOc1nc(CCC)n(Cc2ccc(-c3ccccc3C(=O)O)cc2)n1. The minimum absolute atomic E-state index is 0.300. The van der Waals surface area contributed by atoms with Crippen molar-refractivity contribution < 1.29 is 14.6 Å². The number of carbonyl (C=O) groups is 1. The highest BCUT2D eigenvalue weighted by Gasteiger charge is 2.13. The van der Waals surface area contributed by atoms with Gasteiger partial charge in [0.15, 0.2) is 0 Å². The lowest BCUT2D eigenvalue weighted by Gasteiger charge is -2.09. The Hall–Kier alpha value is -3.15. The van der Waals surface area contributed by atoms with E-state index in [9.17, 15) is 9.90 Å². The summed E-state index contributed by atoms with van der Waals surface area (Å²) < 4.78 is 7.46. The number of carboxylic acid groups (broad SMARTS) is 1. The van der Waals surface area contributed by atoms with Crippen LogP contribution in [0.5, 0.6) is 6.01 Å². The van der Waals surface area contributed by atoms with Crippen molar-refractivity contribution in [2.45, 2.75) is 39.7 Å². The first-order valence-corrected chi connectivity index (χ1v) is 9.60. The van der Waals surface area contributed by atoms with Crippen LogP contribution in [0.4, 0.5) is 0 Å². The summed E-state index contributed by atoms with van der Waals surface area (Å²) in [4.78, 5) is 15.9. The number of carboxylic acids is 1. The number of aryl methyl sites for hydroxylation is 1. The lowest BCUT2D eigenvalue weighted by molar-refractivity contribution is 0.0697. The van der Waals surface area contributed by atoms with Crippen LogP contribution in [0.1, 0.15) is 48.4 Å². The molecule has 0 saturated carbocycles. The van der Waals surface area contributed by atoms with Crippen molar-refractivity contribution in [2.75, 3.05) is 6.61 Å². The van der Waals surface area contributed by atoms with E-state index in [0.29, 0.717) is 30.3 Å². The molecule has 0 amide bonds. The Morgan fingerprint density at radius 2 is 1.82 bits per heavy atom. The molecule has 0 saturated heterocycles. The number of ether oxygens (including phenoxy) is 1. The van der Waals surface area contributed by atoms with E-state index in [1.54, 1.807) is 12.1 Å². The Kier molecular flexibility index (Phi) is 6.42. The third-order valence-corrected chi connectivity index (χ3v) is 4.39. The van der Waals surface area contributed by atoms with Crippen LogP contribution in [0.25, 0.3) is 11.1 Å². The molecular weight excluding hydrogens is 354 g/mol. The molecule has 0 atom stereocenters. The molecule has 28 heavy (non-hydrogen) atoms. The quantitative estimate of drug-likeness (QED) is 0.595. The molecule has 1 N–H and O–H groups in total. The highest BCUT2D eigenvalue weighted by molar-refractivity contribution is 5.95. The first-order valence-electron chi connectivity index (χ1n) is 9.60. The molecule has 146 valence electrons. The van der Waals surface area contributed by atoms with Crippen molar-refractivity contribution in [3.8, 4) is 17.1 Å².